The molecule has 106 valence electrons. The molecule has 20 heavy (non-hydrogen) atoms. The lowest BCUT2D eigenvalue weighted by Gasteiger charge is -2.29. The highest BCUT2D eigenvalue weighted by atomic mass is 16.3. The van der Waals surface area contributed by atoms with Crippen molar-refractivity contribution in [3.8, 4) is 0 Å². The van der Waals surface area contributed by atoms with Crippen LogP contribution >= 0.6 is 0 Å². The average molecular weight is 269 g/mol. The van der Waals surface area contributed by atoms with Gasteiger partial charge in [0.05, 0.1) is 0 Å². The zero-order chi connectivity index (χ0) is 14.3. The minimum Gasteiger partial charge on any atom is -0.383 e. The van der Waals surface area contributed by atoms with Gasteiger partial charge in [0, 0.05) is 13.0 Å². The number of rotatable bonds is 7. The third-order valence-corrected chi connectivity index (χ3v) is 3.49. The fourth-order valence-corrected chi connectivity index (χ4v) is 2.42. The third-order valence-electron chi connectivity index (χ3n) is 3.49. The molecule has 2 aromatic rings. The lowest BCUT2D eigenvalue weighted by Crippen LogP contribution is -2.40. The van der Waals surface area contributed by atoms with Crippen molar-refractivity contribution < 1.29 is 5.11 Å². The van der Waals surface area contributed by atoms with Gasteiger partial charge in [0.15, 0.2) is 0 Å². The molecule has 2 heteroatoms. The van der Waals surface area contributed by atoms with E-state index >= 15 is 0 Å². The molecule has 2 N–H and O–H groups in total. The zero-order valence-electron chi connectivity index (χ0n) is 12.0. The van der Waals surface area contributed by atoms with Crippen LogP contribution < -0.4 is 5.32 Å². The number of hydrogen-bond donors (Lipinski definition) is 2. The summed E-state index contributed by atoms with van der Waals surface area (Å²) in [4.78, 5) is 0. The Morgan fingerprint density at radius 3 is 2.15 bits per heavy atom. The summed E-state index contributed by atoms with van der Waals surface area (Å²) in [6.45, 7) is 3.62. The highest BCUT2D eigenvalue weighted by molar-refractivity contribution is 5.27. The molecule has 0 bridgehead atoms. The van der Waals surface area contributed by atoms with E-state index in [1.54, 1.807) is 0 Å². The first-order valence-corrected chi connectivity index (χ1v) is 7.27. The summed E-state index contributed by atoms with van der Waals surface area (Å²) in [6, 6.07) is 20.1. The normalized spacial score (nSPS) is 13.9. The maximum Gasteiger partial charge on any atom is 0.106 e. The molecule has 0 heterocycles. The monoisotopic (exact) mass is 269 g/mol. The van der Waals surface area contributed by atoms with Crippen molar-refractivity contribution in [1.29, 1.82) is 0 Å². The zero-order valence-corrected chi connectivity index (χ0v) is 12.0. The SMILES string of the molecule is CCCNCC(O)(Cc1ccccc1)c1ccccc1. The van der Waals surface area contributed by atoms with Gasteiger partial charge in [0.25, 0.3) is 0 Å². The van der Waals surface area contributed by atoms with Crippen LogP contribution in [0.25, 0.3) is 0 Å². The Kier molecular flexibility index (Phi) is 5.33. The van der Waals surface area contributed by atoms with Crippen LogP contribution in [0.4, 0.5) is 0 Å². The Balaban J connectivity index is 2.19. The second kappa shape index (κ2) is 7.22. The van der Waals surface area contributed by atoms with Crippen LogP contribution in [-0.2, 0) is 12.0 Å². The molecule has 0 aromatic heterocycles. The molecule has 0 saturated carbocycles. The topological polar surface area (TPSA) is 32.3 Å². The molecule has 0 spiro atoms. The van der Waals surface area contributed by atoms with E-state index in [0.29, 0.717) is 13.0 Å². The van der Waals surface area contributed by atoms with Crippen molar-refractivity contribution in [1.82, 2.24) is 5.32 Å². The van der Waals surface area contributed by atoms with Crippen molar-refractivity contribution in [2.24, 2.45) is 0 Å². The van der Waals surface area contributed by atoms with E-state index < -0.39 is 5.60 Å². The van der Waals surface area contributed by atoms with E-state index in [-0.39, 0.29) is 0 Å². The summed E-state index contributed by atoms with van der Waals surface area (Å²) in [7, 11) is 0. The van der Waals surface area contributed by atoms with Gasteiger partial charge in [-0.3, -0.25) is 0 Å². The van der Waals surface area contributed by atoms with E-state index in [1.807, 2.05) is 48.5 Å². The van der Waals surface area contributed by atoms with Crippen LogP contribution in [0.3, 0.4) is 0 Å². The number of nitrogens with one attached hydrogen (secondary N) is 1. The van der Waals surface area contributed by atoms with Crippen molar-refractivity contribution >= 4 is 0 Å². The fraction of sp³-hybridized carbons (Fsp3) is 0.333. The summed E-state index contributed by atoms with van der Waals surface area (Å²) in [5.41, 5.74) is 1.25. The predicted octanol–water partition coefficient (Wildman–Crippen LogP) is 3.12. The summed E-state index contributed by atoms with van der Waals surface area (Å²) >= 11 is 0. The van der Waals surface area contributed by atoms with Crippen LogP contribution in [0.2, 0.25) is 0 Å². The van der Waals surface area contributed by atoms with E-state index in [2.05, 4.69) is 24.4 Å². The third kappa shape index (κ3) is 3.92. The summed E-state index contributed by atoms with van der Waals surface area (Å²) in [5, 5.41) is 14.4. The molecule has 0 saturated heterocycles. The van der Waals surface area contributed by atoms with Crippen molar-refractivity contribution in [3.05, 3.63) is 71.8 Å². The van der Waals surface area contributed by atoms with Crippen LogP contribution in [-0.4, -0.2) is 18.2 Å². The van der Waals surface area contributed by atoms with Crippen LogP contribution in [0, 0.1) is 0 Å². The average Bonchev–Trinajstić information content (AvgIpc) is 2.49. The number of hydrogen-bond acceptors (Lipinski definition) is 2. The molecule has 0 aliphatic carbocycles. The number of benzene rings is 2. The molecule has 0 amide bonds. The second-order valence-corrected chi connectivity index (χ2v) is 5.24. The lowest BCUT2D eigenvalue weighted by molar-refractivity contribution is 0.0372. The number of aliphatic hydroxyl groups is 1. The van der Waals surface area contributed by atoms with Gasteiger partial charge in [-0.25, -0.2) is 0 Å². The largest absolute Gasteiger partial charge is 0.383 e. The Labute approximate surface area is 121 Å². The van der Waals surface area contributed by atoms with Crippen molar-refractivity contribution in [2.45, 2.75) is 25.4 Å². The maximum atomic E-state index is 11.1. The first kappa shape index (κ1) is 14.8. The van der Waals surface area contributed by atoms with E-state index in [9.17, 15) is 5.11 Å². The first-order chi connectivity index (χ1) is 9.74. The van der Waals surface area contributed by atoms with Crippen LogP contribution in [0.1, 0.15) is 24.5 Å². The van der Waals surface area contributed by atoms with Gasteiger partial charge >= 0.3 is 0 Å². The first-order valence-electron chi connectivity index (χ1n) is 7.27. The predicted molar refractivity (Wildman–Crippen MR) is 83.6 cm³/mol. The van der Waals surface area contributed by atoms with Crippen LogP contribution in [0.5, 0.6) is 0 Å². The molecule has 1 unspecified atom stereocenters. The smallest absolute Gasteiger partial charge is 0.106 e. The van der Waals surface area contributed by atoms with E-state index in [4.69, 9.17) is 0 Å². The molecular formula is C18H23NO. The molecule has 2 aromatic carbocycles. The van der Waals surface area contributed by atoms with Crippen LogP contribution in [0.15, 0.2) is 60.7 Å². The van der Waals surface area contributed by atoms with Gasteiger partial charge in [0.2, 0.25) is 0 Å². The second-order valence-electron chi connectivity index (χ2n) is 5.24. The Morgan fingerprint density at radius 2 is 1.55 bits per heavy atom. The lowest BCUT2D eigenvalue weighted by atomic mass is 9.87. The Morgan fingerprint density at radius 1 is 0.950 bits per heavy atom. The summed E-state index contributed by atoms with van der Waals surface area (Å²) in [6.07, 6.45) is 1.69. The molecule has 2 nitrogen and oxygen atoms in total. The molecular weight excluding hydrogens is 246 g/mol. The maximum absolute atomic E-state index is 11.1. The van der Waals surface area contributed by atoms with E-state index in [0.717, 1.165) is 24.1 Å². The molecule has 0 radical (unpaired) electrons. The molecule has 0 aliphatic rings. The van der Waals surface area contributed by atoms with Crippen molar-refractivity contribution in [2.75, 3.05) is 13.1 Å². The quantitative estimate of drug-likeness (QED) is 0.757. The summed E-state index contributed by atoms with van der Waals surface area (Å²) in [5.74, 6) is 0. The molecule has 2 rings (SSSR count). The minimum atomic E-state index is -0.863. The molecule has 0 aliphatic heterocycles. The fourth-order valence-electron chi connectivity index (χ4n) is 2.42. The highest BCUT2D eigenvalue weighted by Crippen LogP contribution is 2.25. The van der Waals surface area contributed by atoms with Gasteiger partial charge in [-0.15, -0.1) is 0 Å². The highest BCUT2D eigenvalue weighted by Gasteiger charge is 2.28. The summed E-state index contributed by atoms with van der Waals surface area (Å²) < 4.78 is 0. The van der Waals surface area contributed by atoms with Gasteiger partial charge in [0.1, 0.15) is 5.60 Å². The molecule has 0 fully saturated rings. The standard InChI is InChI=1S/C18H23NO/c1-2-13-19-15-18(20,17-11-7-4-8-12-17)14-16-9-5-3-6-10-16/h3-12,19-20H,2,13-15H2,1H3. The molecule has 1 atom stereocenters. The Bertz CT molecular complexity index is 497. The van der Waals surface area contributed by atoms with Gasteiger partial charge in [-0.05, 0) is 24.1 Å². The Hall–Kier alpha value is -1.64. The minimum absolute atomic E-state index is 0.569. The van der Waals surface area contributed by atoms with Crippen molar-refractivity contribution in [3.63, 3.8) is 0 Å². The van der Waals surface area contributed by atoms with Gasteiger partial charge < -0.3 is 10.4 Å². The van der Waals surface area contributed by atoms with E-state index in [1.165, 1.54) is 0 Å². The van der Waals surface area contributed by atoms with Gasteiger partial charge in [-0.1, -0.05) is 67.6 Å². The van der Waals surface area contributed by atoms with Gasteiger partial charge in [-0.2, -0.15) is 0 Å².